The number of rotatable bonds is 6. The highest BCUT2D eigenvalue weighted by atomic mass is 35.5. The number of aliphatic hydroxyl groups is 1. The lowest BCUT2D eigenvalue weighted by Gasteiger charge is -2.37. The second kappa shape index (κ2) is 9.79. The van der Waals surface area contributed by atoms with Crippen LogP contribution in [-0.2, 0) is 14.4 Å². The van der Waals surface area contributed by atoms with Crippen LogP contribution in [0.15, 0.2) is 42.5 Å². The largest absolute Gasteiger partial charge is 0.396 e. The Morgan fingerprint density at radius 3 is 2.51 bits per heavy atom. The van der Waals surface area contributed by atoms with E-state index in [1.54, 1.807) is 27.6 Å². The van der Waals surface area contributed by atoms with E-state index in [0.29, 0.717) is 36.8 Å². The molecule has 3 amide bonds. The summed E-state index contributed by atoms with van der Waals surface area (Å²) >= 11 is 8.16. The van der Waals surface area contributed by atoms with Crippen molar-refractivity contribution in [2.45, 2.75) is 49.1 Å². The SMILES string of the molecule is CCCN1CC=C[C@]2(C)S[C@]34C=CCN(c5c(C)cccc5Cl)C(=O)C3N(CCCO)C(=O)[C@@H]4[C@@H]2C1=O. The number of hydrogen-bond donors (Lipinski definition) is 1. The molecule has 4 aliphatic heterocycles. The molecule has 2 fully saturated rings. The molecule has 1 unspecified atom stereocenters. The van der Waals surface area contributed by atoms with Crippen LogP contribution in [-0.4, -0.2) is 80.9 Å². The molecule has 0 aromatic heterocycles. The number of para-hydroxylation sites is 1. The number of anilines is 1. The number of halogens is 1. The van der Waals surface area contributed by atoms with Gasteiger partial charge in [0.2, 0.25) is 11.8 Å². The van der Waals surface area contributed by atoms with Gasteiger partial charge < -0.3 is 19.8 Å². The normalized spacial score (nSPS) is 32.9. The van der Waals surface area contributed by atoms with Gasteiger partial charge in [-0.2, -0.15) is 0 Å². The number of fused-ring (bicyclic) bond motifs is 2. The Labute approximate surface area is 227 Å². The molecule has 5 atom stereocenters. The van der Waals surface area contributed by atoms with Crippen molar-refractivity contribution < 1.29 is 19.5 Å². The number of thioether (sulfide) groups is 1. The maximum Gasteiger partial charge on any atom is 0.251 e. The Kier molecular flexibility index (Phi) is 6.96. The maximum absolute atomic E-state index is 14.5. The van der Waals surface area contributed by atoms with Crippen molar-refractivity contribution in [2.75, 3.05) is 37.7 Å². The fourth-order valence-corrected chi connectivity index (χ4v) is 9.17. The second-order valence-electron chi connectivity index (χ2n) is 10.5. The van der Waals surface area contributed by atoms with Crippen molar-refractivity contribution in [3.63, 3.8) is 0 Å². The molecule has 0 saturated carbocycles. The van der Waals surface area contributed by atoms with Gasteiger partial charge in [0.25, 0.3) is 5.91 Å². The lowest BCUT2D eigenvalue weighted by atomic mass is 9.74. The van der Waals surface area contributed by atoms with Gasteiger partial charge in [-0.1, -0.05) is 55.0 Å². The van der Waals surface area contributed by atoms with Gasteiger partial charge in [0, 0.05) is 37.5 Å². The van der Waals surface area contributed by atoms with Crippen LogP contribution in [0, 0.1) is 18.8 Å². The van der Waals surface area contributed by atoms with Crippen LogP contribution in [0.1, 0.15) is 32.3 Å². The summed E-state index contributed by atoms with van der Waals surface area (Å²) in [6.45, 7) is 7.62. The number of aliphatic hydroxyl groups excluding tert-OH is 1. The lowest BCUT2D eigenvalue weighted by Crippen LogP contribution is -2.53. The van der Waals surface area contributed by atoms with Crippen LogP contribution in [0.3, 0.4) is 0 Å². The minimum absolute atomic E-state index is 0.0243. The zero-order chi connectivity index (χ0) is 26.5. The molecule has 0 aliphatic carbocycles. The number of carbonyl (C=O) groups excluding carboxylic acids is 3. The molecule has 1 aromatic carbocycles. The summed E-state index contributed by atoms with van der Waals surface area (Å²) in [5.41, 5.74) is 1.51. The van der Waals surface area contributed by atoms with Gasteiger partial charge >= 0.3 is 0 Å². The standard InChI is InChI=1S/C28H34ClN3O4S/c1-4-13-30-14-6-11-27(3)20(24(30)34)21-25(35)32(16-8-17-33)23-26(36)31(15-7-12-28(21,23)37-27)22-18(2)9-5-10-19(22)29/h5-7,9-12,20-21,23,33H,4,8,13-17H2,1-3H3/t20-,21+,23?,27+,28+/m1/s1. The summed E-state index contributed by atoms with van der Waals surface area (Å²) in [6.07, 6.45) is 9.26. The fourth-order valence-electron chi connectivity index (χ4n) is 6.69. The monoisotopic (exact) mass is 543 g/mol. The summed E-state index contributed by atoms with van der Waals surface area (Å²) in [5, 5.41) is 10.1. The first-order chi connectivity index (χ1) is 17.7. The van der Waals surface area contributed by atoms with Gasteiger partial charge in [0.15, 0.2) is 0 Å². The molecule has 4 heterocycles. The number of hydrogen-bond acceptors (Lipinski definition) is 5. The van der Waals surface area contributed by atoms with Crippen molar-refractivity contribution in [3.05, 3.63) is 53.1 Å². The topological polar surface area (TPSA) is 81.2 Å². The molecule has 2 saturated heterocycles. The number of likely N-dealkylation sites (tertiary alicyclic amines) is 1. The molecular weight excluding hydrogens is 510 g/mol. The predicted molar refractivity (Wildman–Crippen MR) is 147 cm³/mol. The van der Waals surface area contributed by atoms with Crippen LogP contribution >= 0.6 is 23.4 Å². The molecule has 7 nitrogen and oxygen atoms in total. The maximum atomic E-state index is 14.5. The van der Waals surface area contributed by atoms with E-state index in [-0.39, 0.29) is 30.9 Å². The first-order valence-corrected chi connectivity index (χ1v) is 14.2. The minimum Gasteiger partial charge on any atom is -0.396 e. The third-order valence-electron chi connectivity index (χ3n) is 8.15. The van der Waals surface area contributed by atoms with E-state index in [1.807, 2.05) is 56.0 Å². The highest BCUT2D eigenvalue weighted by molar-refractivity contribution is 8.02. The van der Waals surface area contributed by atoms with Gasteiger partial charge in [-0.3, -0.25) is 14.4 Å². The zero-order valence-electron chi connectivity index (χ0n) is 21.5. The molecule has 9 heteroatoms. The van der Waals surface area contributed by atoms with E-state index >= 15 is 0 Å². The molecule has 0 radical (unpaired) electrons. The van der Waals surface area contributed by atoms with Crippen molar-refractivity contribution in [3.8, 4) is 0 Å². The molecule has 0 bridgehead atoms. The van der Waals surface area contributed by atoms with E-state index < -0.39 is 27.4 Å². The molecule has 198 valence electrons. The molecule has 1 spiro atoms. The highest BCUT2D eigenvalue weighted by Gasteiger charge is 2.73. The van der Waals surface area contributed by atoms with E-state index in [1.165, 1.54) is 0 Å². The highest BCUT2D eigenvalue weighted by Crippen LogP contribution is 2.65. The summed E-state index contributed by atoms with van der Waals surface area (Å²) in [6, 6.07) is 4.73. The average Bonchev–Trinajstić information content (AvgIpc) is 3.12. The van der Waals surface area contributed by atoms with Crippen molar-refractivity contribution in [2.24, 2.45) is 11.8 Å². The molecule has 5 rings (SSSR count). The Bertz CT molecular complexity index is 1170. The van der Waals surface area contributed by atoms with E-state index in [0.717, 1.165) is 12.0 Å². The molecule has 1 aromatic rings. The first kappa shape index (κ1) is 26.3. The molecule has 1 N–H and O–H groups in total. The third kappa shape index (κ3) is 3.94. The van der Waals surface area contributed by atoms with Crippen LogP contribution in [0.2, 0.25) is 5.02 Å². The smallest absolute Gasteiger partial charge is 0.251 e. The van der Waals surface area contributed by atoms with Gasteiger partial charge in [-0.25, -0.2) is 0 Å². The Morgan fingerprint density at radius 2 is 1.81 bits per heavy atom. The number of carbonyl (C=O) groups is 3. The number of nitrogens with zero attached hydrogens (tertiary/aromatic N) is 3. The fraction of sp³-hybridized carbons (Fsp3) is 0.536. The van der Waals surface area contributed by atoms with Gasteiger partial charge in [-0.05, 0) is 38.3 Å². The summed E-state index contributed by atoms with van der Waals surface area (Å²) in [7, 11) is 0. The van der Waals surface area contributed by atoms with E-state index in [4.69, 9.17) is 11.6 Å². The van der Waals surface area contributed by atoms with Crippen LogP contribution in [0.4, 0.5) is 5.69 Å². The van der Waals surface area contributed by atoms with Crippen LogP contribution in [0.5, 0.6) is 0 Å². The molecule has 4 aliphatic rings. The lowest BCUT2D eigenvalue weighted by molar-refractivity contribution is -0.143. The Balaban J connectivity index is 1.65. The average molecular weight is 544 g/mol. The summed E-state index contributed by atoms with van der Waals surface area (Å²) in [5.74, 6) is -1.67. The minimum atomic E-state index is -0.901. The molecule has 37 heavy (non-hydrogen) atoms. The van der Waals surface area contributed by atoms with Gasteiger partial charge in [0.1, 0.15) is 6.04 Å². The number of benzene rings is 1. The van der Waals surface area contributed by atoms with E-state index in [9.17, 15) is 19.5 Å². The number of aryl methyl sites for hydroxylation is 1. The molecular formula is C28H34ClN3O4S. The van der Waals surface area contributed by atoms with Crippen LogP contribution in [0.25, 0.3) is 0 Å². The van der Waals surface area contributed by atoms with Gasteiger partial charge in [0.05, 0.1) is 27.3 Å². The second-order valence-corrected chi connectivity index (χ2v) is 12.7. The summed E-state index contributed by atoms with van der Waals surface area (Å²) in [4.78, 5) is 47.8. The quantitative estimate of drug-likeness (QED) is 0.556. The van der Waals surface area contributed by atoms with Crippen molar-refractivity contribution >= 4 is 46.8 Å². The van der Waals surface area contributed by atoms with E-state index in [2.05, 4.69) is 6.08 Å². The van der Waals surface area contributed by atoms with Crippen LogP contribution < -0.4 is 4.90 Å². The van der Waals surface area contributed by atoms with Gasteiger partial charge in [-0.15, -0.1) is 11.8 Å². The van der Waals surface area contributed by atoms with Crippen molar-refractivity contribution in [1.29, 1.82) is 0 Å². The Hall–Kier alpha value is -2.29. The summed E-state index contributed by atoms with van der Waals surface area (Å²) < 4.78 is -1.52. The predicted octanol–water partition coefficient (Wildman–Crippen LogP) is 3.43. The third-order valence-corrected chi connectivity index (χ3v) is 10.3. The van der Waals surface area contributed by atoms with Crippen molar-refractivity contribution in [1.82, 2.24) is 9.80 Å². The number of amides is 3. The first-order valence-electron chi connectivity index (χ1n) is 13.0. The zero-order valence-corrected chi connectivity index (χ0v) is 23.1. The Morgan fingerprint density at radius 1 is 1.05 bits per heavy atom.